The Morgan fingerprint density at radius 3 is 1.61 bits per heavy atom. The Morgan fingerprint density at radius 2 is 0.903 bits per heavy atom. The summed E-state index contributed by atoms with van der Waals surface area (Å²) in [5.74, 6) is 0. The third kappa shape index (κ3) is 2.11. The van der Waals surface area contributed by atoms with Crippen LogP contribution in [0, 0.1) is 0 Å². The molecule has 7 rings (SSSR count). The van der Waals surface area contributed by atoms with Gasteiger partial charge >= 0.3 is 0 Å². The van der Waals surface area contributed by atoms with E-state index in [0.29, 0.717) is 0 Å². The highest BCUT2D eigenvalue weighted by Crippen LogP contribution is 2.40. The van der Waals surface area contributed by atoms with E-state index in [-0.39, 0.29) is 0 Å². The standard InChI is InChI=1S/C29H20N2/c1-30-26-13-7-5-11-20(26)22-15-18-25-24(28(22)30)17-16-23-21-12-6-8-14-27(21)31(29(23)25)19-9-3-2-4-10-19/h2-18H,1H3. The van der Waals surface area contributed by atoms with Gasteiger partial charge in [-0.05, 0) is 24.3 Å². The molecular formula is C29H20N2. The molecule has 2 nitrogen and oxygen atoms in total. The number of rotatable bonds is 1. The van der Waals surface area contributed by atoms with Crippen LogP contribution in [-0.4, -0.2) is 9.13 Å². The van der Waals surface area contributed by atoms with Crippen LogP contribution in [0.2, 0.25) is 0 Å². The maximum atomic E-state index is 2.42. The van der Waals surface area contributed by atoms with Crippen molar-refractivity contribution in [2.75, 3.05) is 0 Å². The van der Waals surface area contributed by atoms with E-state index in [1.54, 1.807) is 0 Å². The van der Waals surface area contributed by atoms with Crippen LogP contribution in [0.5, 0.6) is 0 Å². The molecule has 31 heavy (non-hydrogen) atoms. The van der Waals surface area contributed by atoms with Crippen LogP contribution in [0.25, 0.3) is 60.1 Å². The topological polar surface area (TPSA) is 9.86 Å². The van der Waals surface area contributed by atoms with Gasteiger partial charge in [0.2, 0.25) is 0 Å². The number of benzene rings is 5. The van der Waals surface area contributed by atoms with Gasteiger partial charge in [-0.25, -0.2) is 0 Å². The molecule has 0 fully saturated rings. The first kappa shape index (κ1) is 16.7. The Balaban J connectivity index is 1.75. The smallest absolute Gasteiger partial charge is 0.0620 e. The van der Waals surface area contributed by atoms with Crippen molar-refractivity contribution in [1.82, 2.24) is 9.13 Å². The lowest BCUT2D eigenvalue weighted by atomic mass is 10.0. The lowest BCUT2D eigenvalue weighted by Gasteiger charge is -2.11. The minimum absolute atomic E-state index is 1.19. The maximum absolute atomic E-state index is 2.42. The molecule has 0 atom stereocenters. The van der Waals surface area contributed by atoms with Gasteiger partial charge in [0.25, 0.3) is 0 Å². The van der Waals surface area contributed by atoms with E-state index in [4.69, 9.17) is 0 Å². The fraction of sp³-hybridized carbons (Fsp3) is 0.0345. The van der Waals surface area contributed by atoms with Gasteiger partial charge in [-0.2, -0.15) is 0 Å². The first-order valence-corrected chi connectivity index (χ1v) is 10.7. The fourth-order valence-electron chi connectivity index (χ4n) is 5.39. The zero-order valence-corrected chi connectivity index (χ0v) is 17.2. The van der Waals surface area contributed by atoms with Gasteiger partial charge < -0.3 is 9.13 Å². The van der Waals surface area contributed by atoms with E-state index >= 15 is 0 Å². The number of aryl methyl sites for hydroxylation is 1. The Morgan fingerprint density at radius 1 is 0.419 bits per heavy atom. The minimum Gasteiger partial charge on any atom is -0.343 e. The third-order valence-electron chi connectivity index (χ3n) is 6.71. The van der Waals surface area contributed by atoms with Crippen molar-refractivity contribution in [2.24, 2.45) is 7.05 Å². The quantitative estimate of drug-likeness (QED) is 0.271. The monoisotopic (exact) mass is 396 g/mol. The van der Waals surface area contributed by atoms with Crippen molar-refractivity contribution in [3.63, 3.8) is 0 Å². The second-order valence-electron chi connectivity index (χ2n) is 8.28. The summed E-state index contributed by atoms with van der Waals surface area (Å²) < 4.78 is 4.76. The average molecular weight is 396 g/mol. The number of aromatic nitrogens is 2. The van der Waals surface area contributed by atoms with Crippen molar-refractivity contribution < 1.29 is 0 Å². The molecule has 5 aromatic carbocycles. The van der Waals surface area contributed by atoms with E-state index in [2.05, 4.69) is 119 Å². The maximum Gasteiger partial charge on any atom is 0.0620 e. The normalized spacial score (nSPS) is 12.0. The summed E-state index contributed by atoms with van der Waals surface area (Å²) in [6.45, 7) is 0. The first-order chi connectivity index (χ1) is 15.3. The van der Waals surface area contributed by atoms with E-state index in [9.17, 15) is 0 Å². The summed E-state index contributed by atoms with van der Waals surface area (Å²) in [5, 5.41) is 7.79. The molecule has 0 aliphatic carbocycles. The number of hydrogen-bond acceptors (Lipinski definition) is 0. The van der Waals surface area contributed by atoms with Crippen LogP contribution in [0.3, 0.4) is 0 Å². The molecule has 0 aliphatic rings. The number of nitrogens with zero attached hydrogens (tertiary/aromatic N) is 2. The molecule has 0 N–H and O–H groups in total. The van der Waals surface area contributed by atoms with Gasteiger partial charge in [0, 0.05) is 50.6 Å². The molecular weight excluding hydrogens is 376 g/mol. The lowest BCUT2D eigenvalue weighted by Crippen LogP contribution is -1.94. The molecule has 2 heteroatoms. The van der Waals surface area contributed by atoms with E-state index < -0.39 is 0 Å². The Kier molecular flexibility index (Phi) is 3.23. The van der Waals surface area contributed by atoms with Crippen LogP contribution in [-0.2, 0) is 7.05 Å². The van der Waals surface area contributed by atoms with Gasteiger partial charge in [0.15, 0.2) is 0 Å². The van der Waals surface area contributed by atoms with E-state index in [1.165, 1.54) is 60.1 Å². The molecule has 7 aromatic rings. The molecule has 0 unspecified atom stereocenters. The van der Waals surface area contributed by atoms with Gasteiger partial charge in [-0.1, -0.05) is 78.9 Å². The highest BCUT2D eigenvalue weighted by Gasteiger charge is 2.17. The van der Waals surface area contributed by atoms with Crippen molar-refractivity contribution in [1.29, 1.82) is 0 Å². The Labute approximate surface area is 179 Å². The second kappa shape index (κ2) is 5.99. The zero-order valence-electron chi connectivity index (χ0n) is 17.2. The largest absolute Gasteiger partial charge is 0.343 e. The fourth-order valence-corrected chi connectivity index (χ4v) is 5.39. The molecule has 0 radical (unpaired) electrons. The molecule has 0 saturated carbocycles. The van der Waals surface area contributed by atoms with Gasteiger partial charge in [0.05, 0.1) is 16.6 Å². The van der Waals surface area contributed by atoms with Gasteiger partial charge in [0.1, 0.15) is 0 Å². The zero-order chi connectivity index (χ0) is 20.5. The summed E-state index contributed by atoms with van der Waals surface area (Å²) in [4.78, 5) is 0. The molecule has 0 aliphatic heterocycles. The lowest BCUT2D eigenvalue weighted by molar-refractivity contribution is 1.02. The SMILES string of the molecule is Cn1c2ccccc2c2ccc3c(ccc4c5ccccc5n(-c5ccccc5)c34)c21. The number of hydrogen-bond donors (Lipinski definition) is 0. The Hall–Kier alpha value is -4.04. The highest BCUT2D eigenvalue weighted by atomic mass is 15.0. The Bertz CT molecular complexity index is 1780. The van der Waals surface area contributed by atoms with Gasteiger partial charge in [-0.15, -0.1) is 0 Å². The summed E-state index contributed by atoms with van der Waals surface area (Å²) >= 11 is 0. The molecule has 2 aromatic heterocycles. The number of fused-ring (bicyclic) bond motifs is 9. The molecule has 146 valence electrons. The predicted molar refractivity (Wildman–Crippen MR) is 132 cm³/mol. The summed E-state index contributed by atoms with van der Waals surface area (Å²) in [6.07, 6.45) is 0. The van der Waals surface area contributed by atoms with E-state index in [1.807, 2.05) is 0 Å². The van der Waals surface area contributed by atoms with Crippen LogP contribution >= 0.6 is 0 Å². The summed E-state index contributed by atoms with van der Waals surface area (Å²) in [7, 11) is 2.18. The average Bonchev–Trinajstić information content (AvgIpc) is 3.33. The second-order valence-corrected chi connectivity index (χ2v) is 8.28. The van der Waals surface area contributed by atoms with Crippen LogP contribution in [0.1, 0.15) is 0 Å². The highest BCUT2D eigenvalue weighted by molar-refractivity contribution is 6.25. The third-order valence-corrected chi connectivity index (χ3v) is 6.71. The van der Waals surface area contributed by atoms with Crippen molar-refractivity contribution in [3.05, 3.63) is 103 Å². The predicted octanol–water partition coefficient (Wildman–Crippen LogP) is 7.58. The molecule has 0 saturated heterocycles. The van der Waals surface area contributed by atoms with Crippen LogP contribution in [0.4, 0.5) is 0 Å². The van der Waals surface area contributed by atoms with Crippen LogP contribution in [0.15, 0.2) is 103 Å². The van der Waals surface area contributed by atoms with Crippen molar-refractivity contribution in [2.45, 2.75) is 0 Å². The minimum atomic E-state index is 1.19. The van der Waals surface area contributed by atoms with Crippen LogP contribution < -0.4 is 0 Å². The molecule has 0 bridgehead atoms. The first-order valence-electron chi connectivity index (χ1n) is 10.7. The van der Waals surface area contributed by atoms with E-state index in [0.717, 1.165) is 0 Å². The van der Waals surface area contributed by atoms with Crippen molar-refractivity contribution in [3.8, 4) is 5.69 Å². The number of para-hydroxylation sites is 3. The molecule has 0 spiro atoms. The van der Waals surface area contributed by atoms with Crippen molar-refractivity contribution >= 4 is 54.4 Å². The summed E-state index contributed by atoms with van der Waals surface area (Å²) in [6, 6.07) is 37.3. The molecule has 2 heterocycles. The van der Waals surface area contributed by atoms with Gasteiger partial charge in [-0.3, -0.25) is 0 Å². The summed E-state index contributed by atoms with van der Waals surface area (Å²) in [5.41, 5.74) is 6.28. The molecule has 0 amide bonds.